The molecule has 0 radical (unpaired) electrons. The number of esters is 2. The first-order valence-corrected chi connectivity index (χ1v) is 9.13. The molecule has 154 valence electrons. The zero-order chi connectivity index (χ0) is 21.1. The Balaban J connectivity index is 2.66. The first-order chi connectivity index (χ1) is 13.2. The van der Waals surface area contributed by atoms with Crippen molar-refractivity contribution in [1.82, 2.24) is 0 Å². The van der Waals surface area contributed by atoms with Crippen molar-refractivity contribution in [2.45, 2.75) is 38.7 Å². The van der Waals surface area contributed by atoms with E-state index in [0.29, 0.717) is 5.56 Å². The van der Waals surface area contributed by atoms with Gasteiger partial charge in [-0.1, -0.05) is 6.07 Å². The van der Waals surface area contributed by atoms with Crippen molar-refractivity contribution in [3.8, 4) is 11.5 Å². The molecule has 0 aliphatic heterocycles. The maximum absolute atomic E-state index is 12.8. The van der Waals surface area contributed by atoms with Gasteiger partial charge in [0.05, 0.1) is 31.8 Å². The number of rotatable bonds is 6. The number of ketones is 1. The smallest absolute Gasteiger partial charge is 0.317 e. The summed E-state index contributed by atoms with van der Waals surface area (Å²) in [5, 5.41) is 20.8. The van der Waals surface area contributed by atoms with E-state index in [0.717, 1.165) is 0 Å². The molecule has 28 heavy (non-hydrogen) atoms. The number of benzene rings is 1. The minimum Gasteiger partial charge on any atom is -0.504 e. The van der Waals surface area contributed by atoms with Crippen molar-refractivity contribution in [3.63, 3.8) is 0 Å². The SMILES string of the molecule is CCOC(=O)[C@@H]1C(=O)C[C@](C)(O)[C@@H](C(=O)OCC)[C@H]1c1ccc(O)c(OC)c1. The number of hydrogen-bond acceptors (Lipinski definition) is 8. The molecule has 0 unspecified atom stereocenters. The summed E-state index contributed by atoms with van der Waals surface area (Å²) in [4.78, 5) is 38.1. The zero-order valence-electron chi connectivity index (χ0n) is 16.4. The number of aromatic hydroxyl groups is 1. The van der Waals surface area contributed by atoms with Crippen molar-refractivity contribution in [2.24, 2.45) is 11.8 Å². The molecule has 1 aromatic carbocycles. The van der Waals surface area contributed by atoms with Gasteiger partial charge in [-0.05, 0) is 38.5 Å². The summed E-state index contributed by atoms with van der Waals surface area (Å²) in [6.45, 7) is 4.76. The molecule has 2 N–H and O–H groups in total. The van der Waals surface area contributed by atoms with Gasteiger partial charge < -0.3 is 24.4 Å². The number of carbonyl (C=O) groups is 3. The number of aliphatic hydroxyl groups is 1. The maximum atomic E-state index is 12.8. The van der Waals surface area contributed by atoms with E-state index in [2.05, 4.69) is 0 Å². The third kappa shape index (κ3) is 4.11. The number of carbonyl (C=O) groups excluding carboxylic acids is 3. The Hall–Kier alpha value is -2.61. The van der Waals surface area contributed by atoms with Gasteiger partial charge in [0.15, 0.2) is 17.3 Å². The minimum absolute atomic E-state index is 0.0642. The second-order valence-corrected chi connectivity index (χ2v) is 6.92. The Bertz CT molecular complexity index is 755. The number of phenolic OH excluding ortho intramolecular Hbond substituents is 1. The highest BCUT2D eigenvalue weighted by Gasteiger charge is 2.57. The molecule has 1 fully saturated rings. The minimum atomic E-state index is -1.72. The highest BCUT2D eigenvalue weighted by molar-refractivity contribution is 6.02. The summed E-state index contributed by atoms with van der Waals surface area (Å²) in [5.74, 6) is -5.55. The van der Waals surface area contributed by atoms with Crippen molar-refractivity contribution in [1.29, 1.82) is 0 Å². The van der Waals surface area contributed by atoms with Gasteiger partial charge in [-0.25, -0.2) is 0 Å². The van der Waals surface area contributed by atoms with Gasteiger partial charge in [-0.3, -0.25) is 14.4 Å². The molecule has 2 rings (SSSR count). The molecule has 0 saturated heterocycles. The molecule has 0 bridgehead atoms. The number of hydrogen-bond donors (Lipinski definition) is 2. The van der Waals surface area contributed by atoms with Crippen LogP contribution in [-0.4, -0.2) is 53.9 Å². The van der Waals surface area contributed by atoms with Crippen LogP contribution in [0.4, 0.5) is 0 Å². The first-order valence-electron chi connectivity index (χ1n) is 9.13. The molecule has 1 aliphatic carbocycles. The van der Waals surface area contributed by atoms with Crippen LogP contribution in [0.1, 0.15) is 38.7 Å². The predicted octanol–water partition coefficient (Wildman–Crippen LogP) is 1.57. The highest BCUT2D eigenvalue weighted by Crippen LogP contribution is 2.47. The van der Waals surface area contributed by atoms with Crippen LogP contribution in [0.25, 0.3) is 0 Å². The third-order valence-corrected chi connectivity index (χ3v) is 4.94. The molecule has 1 aliphatic rings. The van der Waals surface area contributed by atoms with Crippen LogP contribution in [0.3, 0.4) is 0 Å². The number of Topliss-reactive ketones (excluding diaryl/α,β-unsaturated/α-hetero) is 1. The number of ether oxygens (including phenoxy) is 3. The zero-order valence-corrected chi connectivity index (χ0v) is 16.4. The standard InChI is InChI=1S/C20H26O8/c1-5-27-18(23)16-13(22)10-20(3,25)17(19(24)28-6-2)15(16)11-7-8-12(21)14(9-11)26-4/h7-9,15-17,21,25H,5-6,10H2,1-4H3/t15-,16+,17+,20-/m0/s1. The van der Waals surface area contributed by atoms with E-state index in [1.165, 1.54) is 32.2 Å². The summed E-state index contributed by atoms with van der Waals surface area (Å²) in [7, 11) is 1.35. The highest BCUT2D eigenvalue weighted by atomic mass is 16.5. The third-order valence-electron chi connectivity index (χ3n) is 4.94. The fourth-order valence-corrected chi connectivity index (χ4v) is 3.78. The summed E-state index contributed by atoms with van der Waals surface area (Å²) in [5.41, 5.74) is -1.35. The van der Waals surface area contributed by atoms with Crippen molar-refractivity contribution >= 4 is 17.7 Å². The summed E-state index contributed by atoms with van der Waals surface area (Å²) < 4.78 is 15.3. The van der Waals surface area contributed by atoms with Gasteiger partial charge in [0, 0.05) is 12.3 Å². The lowest BCUT2D eigenvalue weighted by molar-refractivity contribution is -0.172. The molecule has 0 spiro atoms. The van der Waals surface area contributed by atoms with Crippen LogP contribution in [0.5, 0.6) is 11.5 Å². The topological polar surface area (TPSA) is 119 Å². The van der Waals surface area contributed by atoms with Gasteiger partial charge in [0.2, 0.25) is 0 Å². The van der Waals surface area contributed by atoms with E-state index in [1.54, 1.807) is 13.8 Å². The molecular weight excluding hydrogens is 368 g/mol. The first kappa shape index (κ1) is 21.7. The lowest BCUT2D eigenvalue weighted by Gasteiger charge is -2.43. The Morgan fingerprint density at radius 1 is 1.18 bits per heavy atom. The monoisotopic (exact) mass is 394 g/mol. The predicted molar refractivity (Wildman–Crippen MR) is 97.9 cm³/mol. The van der Waals surface area contributed by atoms with E-state index < -0.39 is 41.1 Å². The van der Waals surface area contributed by atoms with Crippen molar-refractivity contribution in [3.05, 3.63) is 23.8 Å². The quantitative estimate of drug-likeness (QED) is 0.551. The molecule has 8 heteroatoms. The van der Waals surface area contributed by atoms with Crippen LogP contribution in [0.15, 0.2) is 18.2 Å². The Morgan fingerprint density at radius 2 is 1.79 bits per heavy atom. The fraction of sp³-hybridized carbons (Fsp3) is 0.550. The molecule has 0 amide bonds. The lowest BCUT2D eigenvalue weighted by Crippen LogP contribution is -2.55. The van der Waals surface area contributed by atoms with E-state index in [4.69, 9.17) is 14.2 Å². The summed E-state index contributed by atoms with van der Waals surface area (Å²) >= 11 is 0. The van der Waals surface area contributed by atoms with E-state index >= 15 is 0 Å². The summed E-state index contributed by atoms with van der Waals surface area (Å²) in [6, 6.07) is 4.26. The molecule has 1 saturated carbocycles. The maximum Gasteiger partial charge on any atom is 0.317 e. The van der Waals surface area contributed by atoms with Crippen LogP contribution in [-0.2, 0) is 23.9 Å². The van der Waals surface area contributed by atoms with Crippen molar-refractivity contribution < 1.29 is 38.8 Å². The fourth-order valence-electron chi connectivity index (χ4n) is 3.78. The van der Waals surface area contributed by atoms with Gasteiger partial charge in [-0.2, -0.15) is 0 Å². The van der Waals surface area contributed by atoms with Gasteiger partial charge >= 0.3 is 11.9 Å². The molecule has 1 aromatic rings. The van der Waals surface area contributed by atoms with Gasteiger partial charge in [0.25, 0.3) is 0 Å². The van der Waals surface area contributed by atoms with Crippen LogP contribution < -0.4 is 4.74 Å². The van der Waals surface area contributed by atoms with Crippen LogP contribution in [0.2, 0.25) is 0 Å². The number of methoxy groups -OCH3 is 1. The summed E-state index contributed by atoms with van der Waals surface area (Å²) in [6.07, 6.45) is -0.383. The molecule has 0 aromatic heterocycles. The van der Waals surface area contributed by atoms with Crippen LogP contribution in [0, 0.1) is 11.8 Å². The Kier molecular flexibility index (Phi) is 6.66. The van der Waals surface area contributed by atoms with Gasteiger partial charge in [0.1, 0.15) is 5.92 Å². The van der Waals surface area contributed by atoms with Crippen molar-refractivity contribution in [2.75, 3.05) is 20.3 Å². The van der Waals surface area contributed by atoms with Crippen LogP contribution >= 0.6 is 0 Å². The van der Waals surface area contributed by atoms with E-state index in [-0.39, 0.29) is 31.1 Å². The number of phenols is 1. The second kappa shape index (κ2) is 8.60. The van der Waals surface area contributed by atoms with E-state index in [9.17, 15) is 24.6 Å². The molecule has 8 nitrogen and oxygen atoms in total. The average Bonchev–Trinajstić information content (AvgIpc) is 2.61. The Morgan fingerprint density at radius 3 is 2.36 bits per heavy atom. The normalized spacial score (nSPS) is 27.2. The molecule has 0 heterocycles. The second-order valence-electron chi connectivity index (χ2n) is 6.92. The average molecular weight is 394 g/mol. The Labute approximate surface area is 163 Å². The molecular formula is C20H26O8. The largest absolute Gasteiger partial charge is 0.504 e. The lowest BCUT2D eigenvalue weighted by atomic mass is 9.61. The van der Waals surface area contributed by atoms with E-state index in [1.807, 2.05) is 0 Å². The molecule has 4 atom stereocenters. The van der Waals surface area contributed by atoms with Gasteiger partial charge in [-0.15, -0.1) is 0 Å².